The molecule has 1 aliphatic heterocycles. The molecule has 0 aliphatic carbocycles. The number of rotatable bonds is 1. The van der Waals surface area contributed by atoms with Gasteiger partial charge in [-0.3, -0.25) is 4.79 Å². The largest absolute Gasteiger partial charge is 0.480 e. The normalized spacial score (nSPS) is 19.6. The minimum absolute atomic E-state index is 0.287. The topological polar surface area (TPSA) is 133 Å². The van der Waals surface area contributed by atoms with Crippen LogP contribution in [-0.2, 0) is 19.1 Å². The van der Waals surface area contributed by atoms with Crippen molar-refractivity contribution in [2.45, 2.75) is 6.04 Å². The fraction of sp³-hybridized carbons (Fsp3) is 0.571. The minimum Gasteiger partial charge on any atom is -0.480 e. The minimum atomic E-state index is -1.82. The first-order valence-corrected chi connectivity index (χ1v) is 3.95. The molecule has 0 amide bonds. The molecule has 1 aliphatic rings. The van der Waals surface area contributed by atoms with Crippen molar-refractivity contribution in [2.24, 2.45) is 0 Å². The molecule has 0 aromatic heterocycles. The van der Waals surface area contributed by atoms with E-state index >= 15 is 0 Å². The van der Waals surface area contributed by atoms with Gasteiger partial charge < -0.3 is 25.4 Å². The molecule has 0 aromatic carbocycles. The van der Waals surface area contributed by atoms with Gasteiger partial charge in [0, 0.05) is 6.54 Å². The molecule has 15 heavy (non-hydrogen) atoms. The van der Waals surface area contributed by atoms with Gasteiger partial charge in [0.25, 0.3) is 0 Å². The van der Waals surface area contributed by atoms with Crippen molar-refractivity contribution in [1.29, 1.82) is 0 Å². The van der Waals surface area contributed by atoms with E-state index in [0.29, 0.717) is 13.2 Å². The van der Waals surface area contributed by atoms with E-state index in [-0.39, 0.29) is 6.61 Å². The van der Waals surface area contributed by atoms with Gasteiger partial charge in [0.15, 0.2) is 0 Å². The van der Waals surface area contributed by atoms with Gasteiger partial charge in [-0.05, 0) is 0 Å². The molecule has 8 nitrogen and oxygen atoms in total. The van der Waals surface area contributed by atoms with Crippen LogP contribution in [0, 0.1) is 0 Å². The number of carboxylic acid groups (broad SMARTS) is 3. The molecular formula is C7H11NO7. The predicted octanol–water partition coefficient (Wildman–Crippen LogP) is -1.78. The van der Waals surface area contributed by atoms with Crippen molar-refractivity contribution in [3.8, 4) is 0 Å². The SMILES string of the molecule is O=C(O)C(=O)O.O=C(O)C1COCCN1. The van der Waals surface area contributed by atoms with Gasteiger partial charge in [-0.15, -0.1) is 0 Å². The molecule has 1 heterocycles. The monoisotopic (exact) mass is 221 g/mol. The second-order valence-electron chi connectivity index (χ2n) is 2.53. The molecule has 1 rings (SSSR count). The molecule has 1 unspecified atom stereocenters. The molecule has 0 bridgehead atoms. The second kappa shape index (κ2) is 6.74. The lowest BCUT2D eigenvalue weighted by atomic mass is 10.3. The Kier molecular flexibility index (Phi) is 5.99. The van der Waals surface area contributed by atoms with Crippen LogP contribution in [0.25, 0.3) is 0 Å². The highest BCUT2D eigenvalue weighted by atomic mass is 16.5. The Bertz CT molecular complexity index is 234. The van der Waals surface area contributed by atoms with Crippen LogP contribution in [0.5, 0.6) is 0 Å². The first-order valence-electron chi connectivity index (χ1n) is 3.95. The zero-order chi connectivity index (χ0) is 11.8. The molecule has 0 radical (unpaired) electrons. The standard InChI is InChI=1S/C5H9NO3.C2H2O4/c7-5(8)4-3-9-2-1-6-4;3-1(4)2(5)6/h4,6H,1-3H2,(H,7,8);(H,3,4)(H,5,6). The third kappa shape index (κ3) is 6.41. The number of morpholine rings is 1. The number of aliphatic carboxylic acids is 3. The molecule has 8 heteroatoms. The zero-order valence-electron chi connectivity index (χ0n) is 7.67. The summed E-state index contributed by atoms with van der Waals surface area (Å²) in [6.07, 6.45) is 0. The maximum atomic E-state index is 10.2. The molecule has 1 fully saturated rings. The van der Waals surface area contributed by atoms with Gasteiger partial charge in [-0.25, -0.2) is 9.59 Å². The summed E-state index contributed by atoms with van der Waals surface area (Å²) in [6, 6.07) is -0.501. The maximum absolute atomic E-state index is 10.2. The smallest absolute Gasteiger partial charge is 0.414 e. The summed E-state index contributed by atoms with van der Waals surface area (Å²) in [5.41, 5.74) is 0. The van der Waals surface area contributed by atoms with Crippen LogP contribution in [0.3, 0.4) is 0 Å². The van der Waals surface area contributed by atoms with Crippen LogP contribution in [0.2, 0.25) is 0 Å². The van der Waals surface area contributed by atoms with E-state index in [1.165, 1.54) is 0 Å². The molecule has 1 saturated heterocycles. The highest BCUT2D eigenvalue weighted by molar-refractivity contribution is 6.27. The summed E-state index contributed by atoms with van der Waals surface area (Å²) in [4.78, 5) is 28.4. The lowest BCUT2D eigenvalue weighted by Crippen LogP contribution is -2.46. The second-order valence-corrected chi connectivity index (χ2v) is 2.53. The first-order chi connectivity index (χ1) is 6.95. The number of ether oxygens (including phenoxy) is 1. The fourth-order valence-corrected chi connectivity index (χ4v) is 0.724. The van der Waals surface area contributed by atoms with E-state index < -0.39 is 23.9 Å². The third-order valence-electron chi connectivity index (χ3n) is 1.40. The average molecular weight is 221 g/mol. The number of hydrogen-bond acceptors (Lipinski definition) is 5. The number of hydrogen-bond donors (Lipinski definition) is 4. The summed E-state index contributed by atoms with van der Waals surface area (Å²) in [7, 11) is 0. The molecule has 4 N–H and O–H groups in total. The number of nitrogens with one attached hydrogen (secondary N) is 1. The van der Waals surface area contributed by atoms with Gasteiger partial charge in [0.2, 0.25) is 0 Å². The molecule has 86 valence electrons. The highest BCUT2D eigenvalue weighted by Crippen LogP contribution is 1.91. The Morgan fingerprint density at radius 3 is 1.87 bits per heavy atom. The lowest BCUT2D eigenvalue weighted by Gasteiger charge is -2.19. The summed E-state index contributed by atoms with van der Waals surface area (Å²) < 4.78 is 4.90. The summed E-state index contributed by atoms with van der Waals surface area (Å²) in [5, 5.41) is 26.0. The van der Waals surface area contributed by atoms with Crippen LogP contribution in [0.4, 0.5) is 0 Å². The van der Waals surface area contributed by atoms with Crippen molar-refractivity contribution in [2.75, 3.05) is 19.8 Å². The quantitative estimate of drug-likeness (QED) is 0.382. The fourth-order valence-electron chi connectivity index (χ4n) is 0.724. The van der Waals surface area contributed by atoms with Gasteiger partial charge in [0.1, 0.15) is 6.04 Å². The van der Waals surface area contributed by atoms with Crippen molar-refractivity contribution >= 4 is 17.9 Å². The average Bonchev–Trinajstić information content (AvgIpc) is 2.20. The van der Waals surface area contributed by atoms with Gasteiger partial charge in [-0.2, -0.15) is 0 Å². The van der Waals surface area contributed by atoms with Crippen molar-refractivity contribution < 1.29 is 34.4 Å². The highest BCUT2D eigenvalue weighted by Gasteiger charge is 2.19. The van der Waals surface area contributed by atoms with Crippen LogP contribution in [0.1, 0.15) is 0 Å². The molecular weight excluding hydrogens is 210 g/mol. The summed E-state index contributed by atoms with van der Waals surface area (Å²) in [5.74, 6) is -4.49. The Labute approximate surface area is 84.5 Å². The Morgan fingerprint density at radius 2 is 1.67 bits per heavy atom. The van der Waals surface area contributed by atoms with E-state index in [4.69, 9.17) is 29.6 Å². The molecule has 0 saturated carbocycles. The van der Waals surface area contributed by atoms with E-state index in [2.05, 4.69) is 5.32 Å². The first kappa shape index (κ1) is 13.3. The lowest BCUT2D eigenvalue weighted by molar-refractivity contribution is -0.159. The summed E-state index contributed by atoms with van der Waals surface area (Å²) >= 11 is 0. The van der Waals surface area contributed by atoms with E-state index in [1.54, 1.807) is 0 Å². The van der Waals surface area contributed by atoms with Crippen LogP contribution < -0.4 is 5.32 Å². The summed E-state index contributed by atoms with van der Waals surface area (Å²) in [6.45, 7) is 1.54. The van der Waals surface area contributed by atoms with Crippen molar-refractivity contribution in [3.63, 3.8) is 0 Å². The molecule has 1 atom stereocenters. The van der Waals surface area contributed by atoms with E-state index in [1.807, 2.05) is 0 Å². The Morgan fingerprint density at radius 1 is 1.13 bits per heavy atom. The Hall–Kier alpha value is -1.67. The van der Waals surface area contributed by atoms with Crippen LogP contribution >= 0.6 is 0 Å². The van der Waals surface area contributed by atoms with Crippen molar-refractivity contribution in [1.82, 2.24) is 5.32 Å². The van der Waals surface area contributed by atoms with Gasteiger partial charge in [-0.1, -0.05) is 0 Å². The van der Waals surface area contributed by atoms with Crippen LogP contribution in [0.15, 0.2) is 0 Å². The number of carbonyl (C=O) groups is 3. The Balaban J connectivity index is 0.000000288. The zero-order valence-corrected chi connectivity index (χ0v) is 7.67. The predicted molar refractivity (Wildman–Crippen MR) is 45.5 cm³/mol. The third-order valence-corrected chi connectivity index (χ3v) is 1.40. The number of carboxylic acids is 3. The maximum Gasteiger partial charge on any atom is 0.414 e. The van der Waals surface area contributed by atoms with Crippen molar-refractivity contribution in [3.05, 3.63) is 0 Å². The van der Waals surface area contributed by atoms with Gasteiger partial charge >= 0.3 is 17.9 Å². The van der Waals surface area contributed by atoms with Gasteiger partial charge in [0.05, 0.1) is 13.2 Å². The van der Waals surface area contributed by atoms with Crippen LogP contribution in [-0.4, -0.2) is 59.0 Å². The molecule has 0 spiro atoms. The van der Waals surface area contributed by atoms with E-state index in [0.717, 1.165) is 0 Å². The van der Waals surface area contributed by atoms with E-state index in [9.17, 15) is 4.79 Å². The molecule has 0 aromatic rings.